The van der Waals surface area contributed by atoms with E-state index < -0.39 is 44.8 Å². The van der Waals surface area contributed by atoms with Gasteiger partial charge in [0.2, 0.25) is 11.1 Å². The summed E-state index contributed by atoms with van der Waals surface area (Å²) in [6, 6.07) is -0.953. The maximum atomic E-state index is 12.5. The van der Waals surface area contributed by atoms with Gasteiger partial charge in [-0.1, -0.05) is 18.7 Å². The van der Waals surface area contributed by atoms with Gasteiger partial charge >= 0.3 is 5.97 Å². The van der Waals surface area contributed by atoms with Gasteiger partial charge in [-0.15, -0.1) is 16.9 Å². The molecule has 1 aromatic heterocycles. The highest BCUT2D eigenvalue weighted by Crippen LogP contribution is 2.41. The molecule has 2 aliphatic heterocycles. The van der Waals surface area contributed by atoms with Crippen LogP contribution in [0.2, 0.25) is 0 Å². The lowest BCUT2D eigenvalue weighted by Crippen LogP contribution is -2.71. The summed E-state index contributed by atoms with van der Waals surface area (Å²) < 4.78 is 24.6. The van der Waals surface area contributed by atoms with Gasteiger partial charge in [-0.05, 0) is 16.0 Å². The highest BCUT2D eigenvalue weighted by molar-refractivity contribution is 8.01. The Morgan fingerprint density at radius 2 is 2.14 bits per heavy atom. The van der Waals surface area contributed by atoms with E-state index in [2.05, 4.69) is 20.8 Å². The van der Waals surface area contributed by atoms with Crippen molar-refractivity contribution in [3.63, 3.8) is 0 Å². The fourth-order valence-corrected chi connectivity index (χ4v) is 5.83. The zero-order valence-electron chi connectivity index (χ0n) is 15.4. The van der Waals surface area contributed by atoms with Gasteiger partial charge in [0.15, 0.2) is 9.84 Å². The third kappa shape index (κ3) is 4.40. The van der Waals surface area contributed by atoms with Gasteiger partial charge in [-0.25, -0.2) is 17.9 Å². The molecule has 0 aliphatic carbocycles. The Labute approximate surface area is 174 Å². The number of sulfone groups is 1. The summed E-state index contributed by atoms with van der Waals surface area (Å²) in [6.07, 6.45) is 0. The van der Waals surface area contributed by atoms with Crippen LogP contribution in [0.4, 0.5) is 0 Å². The number of carboxylic acids is 1. The molecule has 0 aromatic carbocycles. The first-order valence-corrected chi connectivity index (χ1v) is 12.2. The van der Waals surface area contributed by atoms with Crippen LogP contribution in [-0.2, 0) is 31.3 Å². The predicted molar refractivity (Wildman–Crippen MR) is 104 cm³/mol. The molecule has 2 aliphatic rings. The molecule has 158 valence electrons. The smallest absolute Gasteiger partial charge is 0.352 e. The molecule has 3 rings (SSSR count). The van der Waals surface area contributed by atoms with Crippen LogP contribution >= 0.6 is 23.5 Å². The first-order chi connectivity index (χ1) is 13.6. The van der Waals surface area contributed by atoms with Crippen molar-refractivity contribution < 1.29 is 27.9 Å². The average Bonchev–Trinajstić information content (AvgIpc) is 3.07. The lowest BCUT2D eigenvalue weighted by atomic mass is 10.0. The summed E-state index contributed by atoms with van der Waals surface area (Å²) in [5.41, 5.74) is 0.423. The molecule has 0 spiro atoms. The van der Waals surface area contributed by atoms with Crippen LogP contribution in [0.25, 0.3) is 0 Å². The standard InChI is InChI=1S/C14H18N6O6S3/c1-3-29(25,26)6-8(21)15-9-11(22)20-10(13(23)24)7(4-27-12(9)20)5-28-14-16-17-18-19(14)2/h9,12H,3-6H2,1-2H3,(H,15,21)(H,23,24)/t9-,12-/m1/s1. The monoisotopic (exact) mass is 462 g/mol. The Morgan fingerprint density at radius 3 is 2.72 bits per heavy atom. The zero-order valence-corrected chi connectivity index (χ0v) is 17.9. The number of carbonyl (C=O) groups excluding carboxylic acids is 2. The van der Waals surface area contributed by atoms with Gasteiger partial charge < -0.3 is 10.4 Å². The lowest BCUT2D eigenvalue weighted by molar-refractivity contribution is -0.150. The van der Waals surface area contributed by atoms with E-state index in [1.54, 1.807) is 7.05 Å². The van der Waals surface area contributed by atoms with Gasteiger partial charge in [0, 0.05) is 24.3 Å². The maximum absolute atomic E-state index is 12.5. The Hall–Kier alpha value is -2.13. The number of β-lactam (4-membered cyclic amide) rings is 1. The lowest BCUT2D eigenvalue weighted by Gasteiger charge is -2.49. The van der Waals surface area contributed by atoms with E-state index in [0.29, 0.717) is 16.5 Å². The Bertz CT molecular complexity index is 990. The number of hydrogen-bond acceptors (Lipinski definition) is 10. The molecule has 12 nitrogen and oxygen atoms in total. The largest absolute Gasteiger partial charge is 0.477 e. The quantitative estimate of drug-likeness (QED) is 0.340. The molecule has 0 saturated carbocycles. The van der Waals surface area contributed by atoms with Gasteiger partial charge in [0.1, 0.15) is 22.9 Å². The number of carboxylic acid groups (broad SMARTS) is 1. The number of aryl methyl sites for hydroxylation is 1. The minimum atomic E-state index is -3.53. The van der Waals surface area contributed by atoms with E-state index in [9.17, 15) is 27.9 Å². The van der Waals surface area contributed by atoms with E-state index in [1.165, 1.54) is 35.1 Å². The van der Waals surface area contributed by atoms with E-state index in [-0.39, 0.29) is 17.2 Å². The molecule has 15 heteroatoms. The first kappa shape index (κ1) is 21.6. The molecule has 2 amide bonds. The summed E-state index contributed by atoms with van der Waals surface area (Å²) in [6.45, 7) is 1.43. The molecule has 2 atom stereocenters. The third-order valence-electron chi connectivity index (χ3n) is 4.31. The molecule has 1 aromatic rings. The minimum absolute atomic E-state index is 0.118. The van der Waals surface area contributed by atoms with Crippen LogP contribution in [0.1, 0.15) is 6.92 Å². The van der Waals surface area contributed by atoms with Gasteiger partial charge in [-0.2, -0.15) is 0 Å². The van der Waals surface area contributed by atoms with Crippen LogP contribution in [0.3, 0.4) is 0 Å². The van der Waals surface area contributed by atoms with Crippen LogP contribution in [0.15, 0.2) is 16.4 Å². The second-order valence-electron chi connectivity index (χ2n) is 6.26. The van der Waals surface area contributed by atoms with Crippen molar-refractivity contribution in [3.05, 3.63) is 11.3 Å². The van der Waals surface area contributed by atoms with E-state index >= 15 is 0 Å². The summed E-state index contributed by atoms with van der Waals surface area (Å²) in [5, 5.41) is 23.0. The molecule has 0 unspecified atom stereocenters. The van der Waals surface area contributed by atoms with Crippen LogP contribution in [0.5, 0.6) is 0 Å². The Kier molecular flexibility index (Phi) is 6.19. The minimum Gasteiger partial charge on any atom is -0.477 e. The van der Waals surface area contributed by atoms with Crippen molar-refractivity contribution in [1.29, 1.82) is 0 Å². The number of aliphatic carboxylic acids is 1. The van der Waals surface area contributed by atoms with Crippen molar-refractivity contribution in [1.82, 2.24) is 30.4 Å². The normalized spacial score (nSPS) is 21.6. The van der Waals surface area contributed by atoms with Crippen LogP contribution in [0, 0.1) is 0 Å². The summed E-state index contributed by atoms with van der Waals surface area (Å²) in [5.74, 6) is -2.86. The third-order valence-corrected chi connectivity index (χ3v) is 8.33. The molecular weight excluding hydrogens is 444 g/mol. The average molecular weight is 463 g/mol. The number of aromatic nitrogens is 4. The number of hydrogen-bond donors (Lipinski definition) is 2. The van der Waals surface area contributed by atoms with Crippen molar-refractivity contribution in [2.24, 2.45) is 7.05 Å². The first-order valence-electron chi connectivity index (χ1n) is 8.39. The number of amides is 2. The summed E-state index contributed by atoms with van der Waals surface area (Å²) in [4.78, 5) is 37.4. The van der Waals surface area contributed by atoms with Crippen LogP contribution in [-0.4, -0.2) is 90.8 Å². The predicted octanol–water partition coefficient (Wildman–Crippen LogP) is -1.52. The van der Waals surface area contributed by atoms with Crippen molar-refractivity contribution in [3.8, 4) is 0 Å². The molecule has 1 fully saturated rings. The maximum Gasteiger partial charge on any atom is 0.352 e. The molecule has 0 radical (unpaired) electrons. The number of rotatable bonds is 8. The van der Waals surface area contributed by atoms with E-state index in [4.69, 9.17) is 0 Å². The van der Waals surface area contributed by atoms with Crippen molar-refractivity contribution in [2.45, 2.75) is 23.5 Å². The topological polar surface area (TPSA) is 164 Å². The second-order valence-corrected chi connectivity index (χ2v) is 10.7. The fraction of sp³-hybridized carbons (Fsp3) is 0.571. The fourth-order valence-electron chi connectivity index (χ4n) is 2.81. The van der Waals surface area contributed by atoms with Crippen molar-refractivity contribution in [2.75, 3.05) is 23.0 Å². The van der Waals surface area contributed by atoms with E-state index in [1.807, 2.05) is 0 Å². The summed E-state index contributed by atoms with van der Waals surface area (Å²) >= 11 is 2.56. The second kappa shape index (κ2) is 8.31. The number of carbonyl (C=O) groups is 3. The Balaban J connectivity index is 1.71. The molecule has 3 heterocycles. The number of nitrogens with one attached hydrogen (secondary N) is 1. The molecule has 2 N–H and O–H groups in total. The molecule has 1 saturated heterocycles. The Morgan fingerprint density at radius 1 is 1.41 bits per heavy atom. The summed E-state index contributed by atoms with van der Waals surface area (Å²) in [7, 11) is -1.87. The van der Waals surface area contributed by atoms with Gasteiger partial charge in [-0.3, -0.25) is 14.5 Å². The van der Waals surface area contributed by atoms with Gasteiger partial charge in [0.05, 0.1) is 0 Å². The highest BCUT2D eigenvalue weighted by atomic mass is 32.2. The number of fused-ring (bicyclic) bond motifs is 1. The van der Waals surface area contributed by atoms with E-state index in [0.717, 1.165) is 4.90 Å². The van der Waals surface area contributed by atoms with Crippen LogP contribution < -0.4 is 5.32 Å². The highest BCUT2D eigenvalue weighted by Gasteiger charge is 2.54. The zero-order chi connectivity index (χ0) is 21.3. The molecule has 29 heavy (non-hydrogen) atoms. The number of tetrazole rings is 1. The SMILES string of the molecule is CCS(=O)(=O)CC(=O)N[C@@H]1C(=O)N2C(C(=O)O)=C(CSc3nnnn3C)CS[C@H]12. The van der Waals surface area contributed by atoms with Gasteiger partial charge in [0.25, 0.3) is 5.91 Å². The number of nitrogens with zero attached hydrogens (tertiary/aromatic N) is 5. The molecular formula is C14H18N6O6S3. The van der Waals surface area contributed by atoms with Crippen molar-refractivity contribution >= 4 is 51.1 Å². The molecule has 0 bridgehead atoms. The number of thioether (sulfide) groups is 2.